The summed E-state index contributed by atoms with van der Waals surface area (Å²) in [7, 11) is 0. The Morgan fingerprint density at radius 3 is 2.67 bits per heavy atom. The summed E-state index contributed by atoms with van der Waals surface area (Å²) in [5, 5.41) is 15.8. The second-order valence-corrected chi connectivity index (χ2v) is 5.62. The Balaban J connectivity index is 2.15. The Bertz CT molecular complexity index is 1010. The highest BCUT2D eigenvalue weighted by molar-refractivity contribution is 6.04. The van der Waals surface area contributed by atoms with E-state index in [1.165, 1.54) is 6.20 Å². The van der Waals surface area contributed by atoms with Crippen LogP contribution in [0.3, 0.4) is 0 Å². The van der Waals surface area contributed by atoms with Gasteiger partial charge >= 0.3 is 0 Å². The maximum atomic E-state index is 12.7. The molecule has 1 amide bonds. The summed E-state index contributed by atoms with van der Waals surface area (Å²) in [5.41, 5.74) is 1.01. The van der Waals surface area contributed by atoms with Crippen LogP contribution >= 0.6 is 0 Å². The number of amides is 1. The van der Waals surface area contributed by atoms with Gasteiger partial charge in [0, 0.05) is 5.56 Å². The Hall–Kier alpha value is -3.40. The van der Waals surface area contributed by atoms with Crippen LogP contribution in [0.2, 0.25) is 0 Å². The van der Waals surface area contributed by atoms with Gasteiger partial charge in [-0.05, 0) is 18.1 Å². The van der Waals surface area contributed by atoms with Crippen molar-refractivity contribution in [2.75, 3.05) is 5.32 Å². The molecule has 1 aromatic carbocycles. The number of hydrogen-bond donors (Lipinski definition) is 2. The van der Waals surface area contributed by atoms with Crippen molar-refractivity contribution in [1.29, 1.82) is 5.26 Å². The summed E-state index contributed by atoms with van der Waals surface area (Å²) in [4.78, 5) is 28.0. The van der Waals surface area contributed by atoms with Gasteiger partial charge in [-0.15, -0.1) is 0 Å². The summed E-state index contributed by atoms with van der Waals surface area (Å²) in [5.74, 6) is -0.192. The number of benzene rings is 1. The maximum absolute atomic E-state index is 12.7. The minimum atomic E-state index is -0.358. The van der Waals surface area contributed by atoms with Crippen molar-refractivity contribution in [3.8, 4) is 6.07 Å². The minimum Gasteiger partial charge on any atom is -0.325 e. The number of anilines is 1. The highest BCUT2D eigenvalue weighted by Gasteiger charge is 2.19. The van der Waals surface area contributed by atoms with Crippen molar-refractivity contribution >= 4 is 17.4 Å². The average molecular weight is 321 g/mol. The Morgan fingerprint density at radius 2 is 2.04 bits per heavy atom. The van der Waals surface area contributed by atoms with Crippen LogP contribution in [0.1, 0.15) is 41.3 Å². The molecule has 0 aliphatic rings. The number of carbonyl (C=O) groups is 1. The molecule has 0 bridgehead atoms. The van der Waals surface area contributed by atoms with E-state index in [9.17, 15) is 9.59 Å². The number of carbonyl (C=O) groups excluding carboxylic acids is 1. The van der Waals surface area contributed by atoms with E-state index in [-0.39, 0.29) is 34.4 Å². The zero-order chi connectivity index (χ0) is 17.3. The van der Waals surface area contributed by atoms with Crippen molar-refractivity contribution < 1.29 is 4.79 Å². The van der Waals surface area contributed by atoms with Crippen LogP contribution in [-0.4, -0.2) is 20.5 Å². The molecule has 0 fully saturated rings. The Morgan fingerprint density at radius 1 is 1.33 bits per heavy atom. The number of aromatic nitrogens is 3. The first-order valence-corrected chi connectivity index (χ1v) is 7.43. The molecule has 0 spiro atoms. The molecule has 24 heavy (non-hydrogen) atoms. The van der Waals surface area contributed by atoms with E-state index in [0.29, 0.717) is 11.1 Å². The number of hydrogen-bond acceptors (Lipinski definition) is 4. The van der Waals surface area contributed by atoms with Gasteiger partial charge < -0.3 is 10.3 Å². The predicted molar refractivity (Wildman–Crippen MR) is 89.0 cm³/mol. The van der Waals surface area contributed by atoms with Gasteiger partial charge in [-0.2, -0.15) is 14.9 Å². The van der Waals surface area contributed by atoms with Crippen molar-refractivity contribution in [3.05, 3.63) is 63.6 Å². The molecule has 0 atom stereocenters. The first kappa shape index (κ1) is 15.5. The molecule has 3 rings (SSSR count). The van der Waals surface area contributed by atoms with E-state index < -0.39 is 0 Å². The molecule has 3 aromatic rings. The van der Waals surface area contributed by atoms with Crippen molar-refractivity contribution in [3.63, 3.8) is 0 Å². The van der Waals surface area contributed by atoms with Crippen LogP contribution in [0.25, 0.3) is 5.65 Å². The fourth-order valence-corrected chi connectivity index (χ4v) is 2.52. The molecule has 7 heteroatoms. The first-order valence-electron chi connectivity index (χ1n) is 7.43. The molecule has 0 aliphatic heterocycles. The zero-order valence-corrected chi connectivity index (χ0v) is 13.2. The minimum absolute atomic E-state index is 0.140. The molecule has 0 unspecified atom stereocenters. The lowest BCUT2D eigenvalue weighted by Gasteiger charge is -2.13. The van der Waals surface area contributed by atoms with E-state index in [1.807, 2.05) is 26.0 Å². The predicted octanol–water partition coefficient (Wildman–Crippen LogP) is 2.27. The van der Waals surface area contributed by atoms with Crippen LogP contribution in [0.15, 0.2) is 41.3 Å². The van der Waals surface area contributed by atoms with Gasteiger partial charge in [-0.3, -0.25) is 9.59 Å². The largest absolute Gasteiger partial charge is 0.325 e. The summed E-state index contributed by atoms with van der Waals surface area (Å²) in [6, 6.07) is 10.7. The number of nitriles is 1. The second kappa shape index (κ2) is 6.01. The smallest absolute Gasteiger partial charge is 0.279 e. The number of aromatic amines is 1. The van der Waals surface area contributed by atoms with E-state index in [0.717, 1.165) is 4.52 Å². The SMILES string of the molecule is CC(C)c1c(NC(=O)c2ccccc2)[nH]c2c(C#N)cnn2c1=O. The van der Waals surface area contributed by atoms with Crippen LogP contribution in [0.4, 0.5) is 5.82 Å². The van der Waals surface area contributed by atoms with Crippen LogP contribution < -0.4 is 10.9 Å². The molecule has 2 aromatic heterocycles. The third-order valence-electron chi connectivity index (χ3n) is 3.68. The van der Waals surface area contributed by atoms with Gasteiger partial charge in [0.25, 0.3) is 11.5 Å². The molecular formula is C17H15N5O2. The van der Waals surface area contributed by atoms with Gasteiger partial charge in [-0.25, -0.2) is 0 Å². The normalized spacial score (nSPS) is 10.8. The zero-order valence-electron chi connectivity index (χ0n) is 13.2. The molecule has 0 aliphatic carbocycles. The van der Waals surface area contributed by atoms with Crippen LogP contribution in [-0.2, 0) is 0 Å². The highest BCUT2D eigenvalue weighted by Crippen LogP contribution is 2.21. The fourth-order valence-electron chi connectivity index (χ4n) is 2.52. The number of H-pyrrole nitrogens is 1. The van der Waals surface area contributed by atoms with Crippen molar-refractivity contribution in [2.45, 2.75) is 19.8 Å². The fraction of sp³-hybridized carbons (Fsp3) is 0.176. The number of nitrogens with one attached hydrogen (secondary N) is 2. The van der Waals surface area contributed by atoms with Gasteiger partial charge in [0.2, 0.25) is 0 Å². The van der Waals surface area contributed by atoms with Gasteiger partial charge in [0.05, 0.1) is 11.8 Å². The number of fused-ring (bicyclic) bond motifs is 1. The topological polar surface area (TPSA) is 103 Å². The molecule has 2 heterocycles. The third-order valence-corrected chi connectivity index (χ3v) is 3.68. The molecule has 0 radical (unpaired) electrons. The van der Waals surface area contributed by atoms with E-state index >= 15 is 0 Å². The highest BCUT2D eigenvalue weighted by atomic mass is 16.2. The Labute approximate surface area is 137 Å². The van der Waals surface area contributed by atoms with Crippen molar-refractivity contribution in [2.24, 2.45) is 0 Å². The first-order chi connectivity index (χ1) is 11.5. The average Bonchev–Trinajstić information content (AvgIpc) is 2.98. The molecule has 0 saturated carbocycles. The van der Waals surface area contributed by atoms with E-state index in [4.69, 9.17) is 5.26 Å². The van der Waals surface area contributed by atoms with Gasteiger partial charge in [0.15, 0.2) is 5.65 Å². The van der Waals surface area contributed by atoms with Crippen LogP contribution in [0.5, 0.6) is 0 Å². The monoisotopic (exact) mass is 321 g/mol. The lowest BCUT2D eigenvalue weighted by molar-refractivity contribution is 0.102. The second-order valence-electron chi connectivity index (χ2n) is 5.62. The van der Waals surface area contributed by atoms with Crippen molar-refractivity contribution in [1.82, 2.24) is 14.6 Å². The summed E-state index contributed by atoms with van der Waals surface area (Å²) in [6.45, 7) is 3.70. The summed E-state index contributed by atoms with van der Waals surface area (Å²) < 4.78 is 1.14. The van der Waals surface area contributed by atoms with Gasteiger partial charge in [0.1, 0.15) is 17.5 Å². The molecule has 120 valence electrons. The van der Waals surface area contributed by atoms with Gasteiger partial charge in [-0.1, -0.05) is 32.0 Å². The molecular weight excluding hydrogens is 306 g/mol. The van der Waals surface area contributed by atoms with E-state index in [1.54, 1.807) is 24.3 Å². The maximum Gasteiger partial charge on any atom is 0.279 e. The van der Waals surface area contributed by atoms with Crippen LogP contribution in [0, 0.1) is 11.3 Å². The Kier molecular flexibility index (Phi) is 3.88. The summed E-state index contributed by atoms with van der Waals surface area (Å²) in [6.07, 6.45) is 1.32. The lowest BCUT2D eigenvalue weighted by atomic mass is 10.1. The molecule has 7 nitrogen and oxygen atoms in total. The number of nitrogens with zero attached hydrogens (tertiary/aromatic N) is 3. The quantitative estimate of drug-likeness (QED) is 0.772. The lowest BCUT2D eigenvalue weighted by Crippen LogP contribution is -2.25. The van der Waals surface area contributed by atoms with E-state index in [2.05, 4.69) is 15.4 Å². The molecule has 0 saturated heterocycles. The molecule has 2 N–H and O–H groups in total. The summed E-state index contributed by atoms with van der Waals surface area (Å²) >= 11 is 0. The standard InChI is InChI=1S/C17H15N5O2/c1-10(2)13-14(21-16(23)11-6-4-3-5-7-11)20-15-12(8-18)9-19-22(15)17(13)24/h3-7,9-10,20H,1-2H3,(H,21,23). The third kappa shape index (κ3) is 2.54. The number of rotatable bonds is 3.